The zero-order chi connectivity index (χ0) is 12.1. The quantitative estimate of drug-likeness (QED) is 0.857. The van der Waals surface area contributed by atoms with Gasteiger partial charge in [0.25, 0.3) is 0 Å². The molecule has 0 aliphatic rings. The Balaban J connectivity index is 2.04. The fraction of sp³-hybridized carbons (Fsp3) is 0.143. The van der Waals surface area contributed by atoms with Crippen molar-refractivity contribution < 1.29 is 0 Å². The monoisotopic (exact) mass is 307 g/mol. The molecule has 0 fully saturated rings. The summed E-state index contributed by atoms with van der Waals surface area (Å²) in [4.78, 5) is 1.28. The molecule has 2 rings (SSSR count). The molecule has 17 heavy (non-hydrogen) atoms. The van der Waals surface area contributed by atoms with Crippen molar-refractivity contribution in [2.45, 2.75) is 17.2 Å². The molecule has 0 radical (unpaired) electrons. The fourth-order valence-electron chi connectivity index (χ4n) is 1.59. The standard InChI is InChI=1S/C14H14BrNS/c15-13-5-7-14(8-6-13)17-10-12-4-2-1-3-11(12)9-16/h1-8H,9-10,16H2. The number of hydrogen-bond donors (Lipinski definition) is 1. The Morgan fingerprint density at radius 2 is 1.59 bits per heavy atom. The second-order valence-corrected chi connectivity index (χ2v) is 5.68. The van der Waals surface area contributed by atoms with Crippen LogP contribution in [0.25, 0.3) is 0 Å². The van der Waals surface area contributed by atoms with Gasteiger partial charge in [-0.05, 0) is 35.4 Å². The zero-order valence-electron chi connectivity index (χ0n) is 9.40. The van der Waals surface area contributed by atoms with Gasteiger partial charge >= 0.3 is 0 Å². The van der Waals surface area contributed by atoms with Gasteiger partial charge in [-0.25, -0.2) is 0 Å². The molecule has 0 aliphatic carbocycles. The minimum Gasteiger partial charge on any atom is -0.326 e. The Morgan fingerprint density at radius 3 is 2.24 bits per heavy atom. The lowest BCUT2D eigenvalue weighted by atomic mass is 10.1. The van der Waals surface area contributed by atoms with Crippen LogP contribution < -0.4 is 5.73 Å². The van der Waals surface area contributed by atoms with Crippen LogP contribution in [0.2, 0.25) is 0 Å². The predicted molar refractivity (Wildman–Crippen MR) is 78.0 cm³/mol. The third kappa shape index (κ3) is 3.60. The molecule has 0 bridgehead atoms. The zero-order valence-corrected chi connectivity index (χ0v) is 11.8. The first-order chi connectivity index (χ1) is 8.29. The molecule has 0 spiro atoms. The molecule has 0 saturated carbocycles. The maximum atomic E-state index is 5.72. The van der Waals surface area contributed by atoms with Crippen LogP contribution in [0.1, 0.15) is 11.1 Å². The molecule has 0 saturated heterocycles. The van der Waals surface area contributed by atoms with E-state index in [0.717, 1.165) is 10.2 Å². The molecule has 0 aliphatic heterocycles. The van der Waals surface area contributed by atoms with Crippen molar-refractivity contribution in [3.8, 4) is 0 Å². The van der Waals surface area contributed by atoms with Gasteiger partial charge in [-0.15, -0.1) is 11.8 Å². The molecule has 0 atom stereocenters. The molecule has 2 aromatic carbocycles. The van der Waals surface area contributed by atoms with Crippen LogP contribution >= 0.6 is 27.7 Å². The smallest absolute Gasteiger partial charge is 0.0235 e. The molecule has 88 valence electrons. The van der Waals surface area contributed by atoms with E-state index in [2.05, 4.69) is 58.4 Å². The van der Waals surface area contributed by atoms with Crippen LogP contribution in [0.3, 0.4) is 0 Å². The first-order valence-corrected chi connectivity index (χ1v) is 7.22. The number of benzene rings is 2. The van der Waals surface area contributed by atoms with E-state index in [1.54, 1.807) is 0 Å². The lowest BCUT2D eigenvalue weighted by molar-refractivity contribution is 1.04. The van der Waals surface area contributed by atoms with Crippen LogP contribution in [0.15, 0.2) is 57.9 Å². The molecule has 0 heterocycles. The van der Waals surface area contributed by atoms with E-state index < -0.39 is 0 Å². The van der Waals surface area contributed by atoms with Gasteiger partial charge in [-0.3, -0.25) is 0 Å². The summed E-state index contributed by atoms with van der Waals surface area (Å²) in [6, 6.07) is 16.7. The maximum absolute atomic E-state index is 5.72. The number of thioether (sulfide) groups is 1. The fourth-order valence-corrected chi connectivity index (χ4v) is 2.79. The summed E-state index contributed by atoms with van der Waals surface area (Å²) >= 11 is 5.27. The van der Waals surface area contributed by atoms with Crippen LogP contribution in [0.5, 0.6) is 0 Å². The van der Waals surface area contributed by atoms with E-state index in [9.17, 15) is 0 Å². The van der Waals surface area contributed by atoms with E-state index >= 15 is 0 Å². The summed E-state index contributed by atoms with van der Waals surface area (Å²) in [5.41, 5.74) is 8.28. The third-order valence-electron chi connectivity index (χ3n) is 2.55. The van der Waals surface area contributed by atoms with Crippen LogP contribution in [0.4, 0.5) is 0 Å². The highest BCUT2D eigenvalue weighted by molar-refractivity contribution is 9.10. The average Bonchev–Trinajstić information content (AvgIpc) is 2.38. The summed E-state index contributed by atoms with van der Waals surface area (Å²) in [5.74, 6) is 0.967. The van der Waals surface area contributed by atoms with E-state index in [-0.39, 0.29) is 0 Å². The molecule has 0 amide bonds. The summed E-state index contributed by atoms with van der Waals surface area (Å²) in [6.07, 6.45) is 0. The molecular formula is C14H14BrNS. The topological polar surface area (TPSA) is 26.0 Å². The number of nitrogens with two attached hydrogens (primary N) is 1. The third-order valence-corrected chi connectivity index (χ3v) is 4.14. The average molecular weight is 308 g/mol. The van der Waals surface area contributed by atoms with Gasteiger partial charge < -0.3 is 5.73 Å². The lowest BCUT2D eigenvalue weighted by Crippen LogP contribution is -2.00. The molecular weight excluding hydrogens is 294 g/mol. The Labute approximate surface area is 115 Å². The Morgan fingerprint density at radius 1 is 0.941 bits per heavy atom. The Hall–Kier alpha value is -0.770. The van der Waals surface area contributed by atoms with Crippen LogP contribution in [-0.2, 0) is 12.3 Å². The van der Waals surface area contributed by atoms with Gasteiger partial charge in [-0.1, -0.05) is 40.2 Å². The highest BCUT2D eigenvalue weighted by Crippen LogP contribution is 2.25. The summed E-state index contributed by atoms with van der Waals surface area (Å²) < 4.78 is 1.12. The van der Waals surface area contributed by atoms with Crippen molar-refractivity contribution in [2.75, 3.05) is 0 Å². The largest absolute Gasteiger partial charge is 0.326 e. The Bertz CT molecular complexity index is 482. The number of rotatable bonds is 4. The molecule has 2 aromatic rings. The van der Waals surface area contributed by atoms with Crippen molar-refractivity contribution in [3.63, 3.8) is 0 Å². The van der Waals surface area contributed by atoms with Crippen LogP contribution in [-0.4, -0.2) is 0 Å². The molecule has 0 unspecified atom stereocenters. The van der Waals surface area contributed by atoms with Gasteiger partial charge in [0.15, 0.2) is 0 Å². The predicted octanol–water partition coefficient (Wildman–Crippen LogP) is 4.20. The lowest BCUT2D eigenvalue weighted by Gasteiger charge is -2.07. The van der Waals surface area contributed by atoms with Crippen molar-refractivity contribution in [1.29, 1.82) is 0 Å². The van der Waals surface area contributed by atoms with E-state index in [1.165, 1.54) is 16.0 Å². The minimum atomic E-state index is 0.608. The van der Waals surface area contributed by atoms with Gasteiger partial charge in [0, 0.05) is 21.7 Å². The van der Waals surface area contributed by atoms with Crippen molar-refractivity contribution in [3.05, 3.63) is 64.1 Å². The molecule has 3 heteroatoms. The van der Waals surface area contributed by atoms with Gasteiger partial charge in [0.2, 0.25) is 0 Å². The Kier molecular flexibility index (Phi) is 4.66. The minimum absolute atomic E-state index is 0.608. The highest BCUT2D eigenvalue weighted by Gasteiger charge is 2.01. The van der Waals surface area contributed by atoms with Gasteiger partial charge in [0.05, 0.1) is 0 Å². The highest BCUT2D eigenvalue weighted by atomic mass is 79.9. The molecule has 2 N–H and O–H groups in total. The second kappa shape index (κ2) is 6.24. The molecule has 0 aromatic heterocycles. The number of hydrogen-bond acceptors (Lipinski definition) is 2. The van der Waals surface area contributed by atoms with Crippen LogP contribution in [0, 0.1) is 0 Å². The maximum Gasteiger partial charge on any atom is 0.0235 e. The normalized spacial score (nSPS) is 10.5. The van der Waals surface area contributed by atoms with E-state index in [4.69, 9.17) is 5.73 Å². The molecule has 1 nitrogen and oxygen atoms in total. The van der Waals surface area contributed by atoms with E-state index in [0.29, 0.717) is 6.54 Å². The van der Waals surface area contributed by atoms with Crippen molar-refractivity contribution >= 4 is 27.7 Å². The SMILES string of the molecule is NCc1ccccc1CSc1ccc(Br)cc1. The van der Waals surface area contributed by atoms with Crippen molar-refractivity contribution in [2.24, 2.45) is 5.73 Å². The summed E-state index contributed by atoms with van der Waals surface area (Å²) in [6.45, 7) is 0.608. The van der Waals surface area contributed by atoms with Gasteiger partial charge in [0.1, 0.15) is 0 Å². The summed E-state index contributed by atoms with van der Waals surface area (Å²) in [7, 11) is 0. The van der Waals surface area contributed by atoms with Gasteiger partial charge in [-0.2, -0.15) is 0 Å². The van der Waals surface area contributed by atoms with Crippen molar-refractivity contribution in [1.82, 2.24) is 0 Å². The number of halogens is 1. The second-order valence-electron chi connectivity index (χ2n) is 3.72. The summed E-state index contributed by atoms with van der Waals surface area (Å²) in [5, 5.41) is 0. The first-order valence-electron chi connectivity index (χ1n) is 5.45. The van der Waals surface area contributed by atoms with E-state index in [1.807, 2.05) is 17.8 Å². The first kappa shape index (κ1) is 12.7.